The molecular formula is C24H21ClN2O3S2. The van der Waals surface area contributed by atoms with Gasteiger partial charge in [-0.2, -0.15) is 0 Å². The lowest BCUT2D eigenvalue weighted by Crippen LogP contribution is -2.31. The van der Waals surface area contributed by atoms with Crippen LogP contribution in [0.25, 0.3) is 10.2 Å². The summed E-state index contributed by atoms with van der Waals surface area (Å²) in [7, 11) is -3.74. The van der Waals surface area contributed by atoms with Crippen molar-refractivity contribution >= 4 is 43.2 Å². The Morgan fingerprint density at radius 2 is 1.84 bits per heavy atom. The number of benzene rings is 3. The molecule has 5 rings (SSSR count). The molecule has 5 nitrogen and oxygen atoms in total. The average molecular weight is 485 g/mol. The quantitative estimate of drug-likeness (QED) is 0.427. The zero-order chi connectivity index (χ0) is 22.3. The predicted octanol–water partition coefficient (Wildman–Crippen LogP) is 5.12. The fourth-order valence-electron chi connectivity index (χ4n) is 4.29. The van der Waals surface area contributed by atoms with E-state index in [1.54, 1.807) is 28.8 Å². The maximum atomic E-state index is 13.2. The molecule has 0 saturated heterocycles. The SMILES string of the molecule is O=c1sc2cc(S(=O)(=O)NC3CCCc4ccccc43)ccc2n1Cc1ccccc1Cl. The predicted molar refractivity (Wildman–Crippen MR) is 129 cm³/mol. The van der Waals surface area contributed by atoms with Gasteiger partial charge in [0.15, 0.2) is 0 Å². The van der Waals surface area contributed by atoms with Gasteiger partial charge in [-0.25, -0.2) is 13.1 Å². The van der Waals surface area contributed by atoms with Crippen molar-refractivity contribution in [1.29, 1.82) is 0 Å². The first-order chi connectivity index (χ1) is 15.4. The molecule has 1 unspecified atom stereocenters. The largest absolute Gasteiger partial charge is 0.308 e. The third kappa shape index (κ3) is 4.01. The Balaban J connectivity index is 1.47. The maximum absolute atomic E-state index is 13.2. The number of sulfonamides is 1. The fourth-order valence-corrected chi connectivity index (χ4v) is 6.77. The minimum atomic E-state index is -3.74. The molecule has 4 aromatic rings. The van der Waals surface area contributed by atoms with Crippen molar-refractivity contribution in [2.24, 2.45) is 0 Å². The van der Waals surface area contributed by atoms with Crippen LogP contribution in [-0.2, 0) is 23.0 Å². The van der Waals surface area contributed by atoms with Gasteiger partial charge in [0.1, 0.15) is 0 Å². The van der Waals surface area contributed by atoms with Gasteiger partial charge in [0.05, 0.1) is 21.7 Å². The monoisotopic (exact) mass is 484 g/mol. The normalized spacial score (nSPS) is 16.2. The topological polar surface area (TPSA) is 68.2 Å². The Bertz CT molecular complexity index is 1470. The van der Waals surface area contributed by atoms with E-state index in [4.69, 9.17) is 11.6 Å². The molecule has 0 fully saturated rings. The molecule has 0 aliphatic heterocycles. The van der Waals surface area contributed by atoms with Crippen molar-refractivity contribution in [3.63, 3.8) is 0 Å². The van der Waals surface area contributed by atoms with Crippen LogP contribution < -0.4 is 9.60 Å². The second-order valence-corrected chi connectivity index (χ2v) is 11.1. The number of hydrogen-bond donors (Lipinski definition) is 1. The highest BCUT2D eigenvalue weighted by Gasteiger charge is 2.26. The second kappa shape index (κ2) is 8.48. The summed E-state index contributed by atoms with van der Waals surface area (Å²) in [6.07, 6.45) is 2.67. The number of aromatic nitrogens is 1. The van der Waals surface area contributed by atoms with Crippen LogP contribution in [0, 0.1) is 0 Å². The van der Waals surface area contributed by atoms with E-state index in [0.29, 0.717) is 21.8 Å². The minimum Gasteiger partial charge on any atom is -0.294 e. The summed E-state index contributed by atoms with van der Waals surface area (Å²) in [5, 5.41) is 0.593. The number of aryl methyl sites for hydroxylation is 1. The van der Waals surface area contributed by atoms with E-state index in [1.165, 1.54) is 5.56 Å². The summed E-state index contributed by atoms with van der Waals surface area (Å²) in [6.45, 7) is 0.335. The first kappa shape index (κ1) is 21.4. The molecule has 0 bridgehead atoms. The molecule has 0 radical (unpaired) electrons. The van der Waals surface area contributed by atoms with Crippen LogP contribution in [0.3, 0.4) is 0 Å². The summed E-state index contributed by atoms with van der Waals surface area (Å²) >= 11 is 7.30. The molecule has 1 aromatic heterocycles. The highest BCUT2D eigenvalue weighted by molar-refractivity contribution is 7.89. The molecule has 164 valence electrons. The van der Waals surface area contributed by atoms with Crippen LogP contribution in [0.5, 0.6) is 0 Å². The molecule has 0 saturated carbocycles. The van der Waals surface area contributed by atoms with E-state index in [0.717, 1.165) is 41.7 Å². The standard InChI is InChI=1S/C24H21ClN2O3S2/c25-20-10-4-2-7-17(20)15-27-22-13-12-18(14-23(22)31-24(27)28)32(29,30)26-21-11-5-8-16-6-1-3-9-19(16)21/h1-4,6-7,9-10,12-14,21,26H,5,8,11,15H2. The Hall–Kier alpha value is -2.45. The van der Waals surface area contributed by atoms with E-state index in [-0.39, 0.29) is 15.8 Å². The lowest BCUT2D eigenvalue weighted by Gasteiger charge is -2.26. The van der Waals surface area contributed by atoms with Gasteiger partial charge in [0.25, 0.3) is 0 Å². The minimum absolute atomic E-state index is 0.149. The first-order valence-corrected chi connectivity index (χ1v) is 13.1. The lowest BCUT2D eigenvalue weighted by molar-refractivity contribution is 0.507. The number of fused-ring (bicyclic) bond motifs is 2. The van der Waals surface area contributed by atoms with Crippen molar-refractivity contribution in [3.8, 4) is 0 Å². The summed E-state index contributed by atoms with van der Waals surface area (Å²) < 4.78 is 31.5. The fraction of sp³-hybridized carbons (Fsp3) is 0.208. The van der Waals surface area contributed by atoms with Crippen molar-refractivity contribution in [2.45, 2.75) is 36.7 Å². The number of thiazole rings is 1. The van der Waals surface area contributed by atoms with Gasteiger partial charge in [-0.3, -0.25) is 9.36 Å². The van der Waals surface area contributed by atoms with Crippen LogP contribution >= 0.6 is 22.9 Å². The Labute approximate surface area is 195 Å². The van der Waals surface area contributed by atoms with Gasteiger partial charge in [-0.15, -0.1) is 0 Å². The maximum Gasteiger partial charge on any atom is 0.308 e. The summed E-state index contributed by atoms with van der Waals surface area (Å²) in [6, 6.07) is 20.0. The number of rotatable bonds is 5. The van der Waals surface area contributed by atoms with Gasteiger partial charge in [0.2, 0.25) is 10.0 Å². The number of halogens is 1. The van der Waals surface area contributed by atoms with Crippen LogP contribution in [-0.4, -0.2) is 13.0 Å². The van der Waals surface area contributed by atoms with E-state index in [2.05, 4.69) is 10.8 Å². The van der Waals surface area contributed by atoms with E-state index in [9.17, 15) is 13.2 Å². The molecule has 1 N–H and O–H groups in total. The molecule has 0 amide bonds. The molecule has 3 aromatic carbocycles. The molecular weight excluding hydrogens is 464 g/mol. The summed E-state index contributed by atoms with van der Waals surface area (Å²) in [5.41, 5.74) is 3.77. The molecule has 1 heterocycles. The van der Waals surface area contributed by atoms with E-state index < -0.39 is 10.0 Å². The number of nitrogens with zero attached hydrogens (tertiary/aromatic N) is 1. The average Bonchev–Trinajstić information content (AvgIpc) is 3.09. The van der Waals surface area contributed by atoms with Crippen LogP contribution in [0.15, 0.2) is 76.4 Å². The summed E-state index contributed by atoms with van der Waals surface area (Å²) in [4.78, 5) is 12.7. The molecule has 8 heteroatoms. The number of hydrogen-bond acceptors (Lipinski definition) is 4. The molecule has 0 spiro atoms. The second-order valence-electron chi connectivity index (χ2n) is 7.94. The third-order valence-electron chi connectivity index (χ3n) is 5.90. The van der Waals surface area contributed by atoms with E-state index >= 15 is 0 Å². The summed E-state index contributed by atoms with van der Waals surface area (Å²) in [5.74, 6) is 0. The van der Waals surface area contributed by atoms with Crippen molar-refractivity contribution in [2.75, 3.05) is 0 Å². The van der Waals surface area contributed by atoms with Gasteiger partial charge in [-0.1, -0.05) is 65.4 Å². The van der Waals surface area contributed by atoms with Crippen LogP contribution in [0.4, 0.5) is 0 Å². The molecule has 1 aliphatic rings. The highest BCUT2D eigenvalue weighted by atomic mass is 35.5. The Kier molecular flexibility index (Phi) is 5.67. The zero-order valence-corrected chi connectivity index (χ0v) is 19.5. The van der Waals surface area contributed by atoms with Gasteiger partial charge < -0.3 is 0 Å². The van der Waals surface area contributed by atoms with Gasteiger partial charge >= 0.3 is 4.87 Å². The van der Waals surface area contributed by atoms with Crippen LogP contribution in [0.1, 0.15) is 35.6 Å². The molecule has 32 heavy (non-hydrogen) atoms. The first-order valence-electron chi connectivity index (χ1n) is 10.4. The van der Waals surface area contributed by atoms with Crippen molar-refractivity contribution < 1.29 is 8.42 Å². The van der Waals surface area contributed by atoms with Crippen molar-refractivity contribution in [1.82, 2.24) is 9.29 Å². The molecule has 1 atom stereocenters. The van der Waals surface area contributed by atoms with E-state index in [1.807, 2.05) is 36.4 Å². The van der Waals surface area contributed by atoms with Gasteiger partial charge in [0, 0.05) is 11.1 Å². The van der Waals surface area contributed by atoms with Gasteiger partial charge in [-0.05, 0) is 60.2 Å². The lowest BCUT2D eigenvalue weighted by atomic mass is 9.88. The Morgan fingerprint density at radius 1 is 1.06 bits per heavy atom. The van der Waals surface area contributed by atoms with Crippen LogP contribution in [0.2, 0.25) is 5.02 Å². The third-order valence-corrected chi connectivity index (χ3v) is 8.68. The number of nitrogens with one attached hydrogen (secondary N) is 1. The van der Waals surface area contributed by atoms with Crippen molar-refractivity contribution in [3.05, 3.63) is 98.1 Å². The zero-order valence-electron chi connectivity index (χ0n) is 17.1. The smallest absolute Gasteiger partial charge is 0.294 e. The molecule has 1 aliphatic carbocycles. The Morgan fingerprint density at radius 3 is 2.69 bits per heavy atom. The highest BCUT2D eigenvalue weighted by Crippen LogP contribution is 2.31.